The van der Waals surface area contributed by atoms with Crippen LogP contribution in [0, 0.1) is 5.82 Å². The summed E-state index contributed by atoms with van der Waals surface area (Å²) in [5, 5.41) is 3.65. The molecular formula is C10H9FNO3P. The summed E-state index contributed by atoms with van der Waals surface area (Å²) < 4.78 is 28.7. The van der Waals surface area contributed by atoms with E-state index in [-0.39, 0.29) is 11.3 Å². The fourth-order valence-corrected chi connectivity index (χ4v) is 1.77. The van der Waals surface area contributed by atoms with Gasteiger partial charge in [0, 0.05) is 18.3 Å². The Morgan fingerprint density at radius 3 is 2.50 bits per heavy atom. The maximum Gasteiger partial charge on any atom is 0.263 e. The van der Waals surface area contributed by atoms with Crippen LogP contribution in [0.3, 0.4) is 0 Å². The lowest BCUT2D eigenvalue weighted by Gasteiger charge is -1.96. The van der Waals surface area contributed by atoms with Gasteiger partial charge in [0.15, 0.2) is 0 Å². The van der Waals surface area contributed by atoms with Gasteiger partial charge in [0.1, 0.15) is 11.5 Å². The van der Waals surface area contributed by atoms with E-state index in [1.807, 2.05) is 0 Å². The first-order valence-corrected chi connectivity index (χ1v) is 6.61. The molecule has 0 bridgehead atoms. The molecule has 1 heterocycles. The molecule has 1 atom stereocenters. The molecule has 1 aromatic carbocycles. The first-order chi connectivity index (χ1) is 7.47. The predicted octanol–water partition coefficient (Wildman–Crippen LogP) is 2.01. The number of nitrogens with zero attached hydrogens (tertiary/aromatic N) is 1. The van der Waals surface area contributed by atoms with Crippen molar-refractivity contribution in [3.63, 3.8) is 0 Å². The SMILES string of the molecule is CP(=O)(O)c1cc(-c2ccc(F)cc2)no1. The van der Waals surface area contributed by atoms with E-state index in [0.29, 0.717) is 11.3 Å². The van der Waals surface area contributed by atoms with Crippen molar-refractivity contribution in [1.29, 1.82) is 0 Å². The van der Waals surface area contributed by atoms with E-state index in [4.69, 9.17) is 4.52 Å². The minimum Gasteiger partial charge on any atom is -0.350 e. The molecule has 0 saturated carbocycles. The van der Waals surface area contributed by atoms with Crippen molar-refractivity contribution in [2.24, 2.45) is 0 Å². The third-order valence-electron chi connectivity index (χ3n) is 2.05. The van der Waals surface area contributed by atoms with Gasteiger partial charge in [-0.15, -0.1) is 0 Å². The molecule has 0 radical (unpaired) electrons. The van der Waals surface area contributed by atoms with Crippen LogP contribution in [0.2, 0.25) is 0 Å². The second-order valence-corrected chi connectivity index (χ2v) is 5.64. The molecule has 1 N–H and O–H groups in total. The Balaban J connectivity index is 2.39. The van der Waals surface area contributed by atoms with Crippen LogP contribution in [0.15, 0.2) is 34.9 Å². The Morgan fingerprint density at radius 1 is 1.38 bits per heavy atom. The van der Waals surface area contributed by atoms with Crippen LogP contribution in [-0.2, 0) is 4.57 Å². The zero-order chi connectivity index (χ0) is 11.8. The van der Waals surface area contributed by atoms with E-state index in [9.17, 15) is 13.8 Å². The van der Waals surface area contributed by atoms with Gasteiger partial charge in [0.25, 0.3) is 7.37 Å². The molecule has 0 spiro atoms. The summed E-state index contributed by atoms with van der Waals surface area (Å²) in [6.07, 6.45) is 0. The minimum absolute atomic E-state index is 0.0631. The van der Waals surface area contributed by atoms with Crippen molar-refractivity contribution in [2.45, 2.75) is 0 Å². The molecule has 6 heteroatoms. The largest absolute Gasteiger partial charge is 0.350 e. The van der Waals surface area contributed by atoms with Crippen LogP contribution < -0.4 is 5.50 Å². The lowest BCUT2D eigenvalue weighted by molar-refractivity contribution is 0.427. The number of aromatic nitrogens is 1. The second kappa shape index (κ2) is 3.85. The van der Waals surface area contributed by atoms with E-state index in [1.54, 1.807) is 0 Å². The third-order valence-corrected chi connectivity index (χ3v) is 3.08. The third kappa shape index (κ3) is 2.21. The van der Waals surface area contributed by atoms with E-state index in [2.05, 4.69) is 5.16 Å². The second-order valence-electron chi connectivity index (χ2n) is 3.44. The molecule has 0 fully saturated rings. The van der Waals surface area contributed by atoms with Crippen molar-refractivity contribution in [3.05, 3.63) is 36.1 Å². The number of hydrogen-bond donors (Lipinski definition) is 1. The summed E-state index contributed by atoms with van der Waals surface area (Å²) in [6, 6.07) is 7.00. The van der Waals surface area contributed by atoms with Crippen molar-refractivity contribution < 1.29 is 18.4 Å². The van der Waals surface area contributed by atoms with Crippen LogP contribution in [-0.4, -0.2) is 16.7 Å². The standard InChI is InChI=1S/C10H9FNO3P/c1-16(13,14)10-6-9(12-15-10)7-2-4-8(11)5-3-7/h2-6H,1H3,(H,13,14). The smallest absolute Gasteiger partial charge is 0.263 e. The first-order valence-electron chi connectivity index (χ1n) is 4.50. The minimum atomic E-state index is -3.43. The van der Waals surface area contributed by atoms with Crippen molar-refractivity contribution in [1.82, 2.24) is 5.16 Å². The molecule has 0 saturated heterocycles. The average Bonchev–Trinajstić information content (AvgIpc) is 2.67. The Kier molecular flexibility index (Phi) is 2.66. The molecule has 1 aromatic heterocycles. The molecule has 2 aromatic rings. The van der Waals surface area contributed by atoms with Crippen LogP contribution in [0.5, 0.6) is 0 Å². The van der Waals surface area contributed by atoms with Crippen molar-refractivity contribution in [3.8, 4) is 11.3 Å². The summed E-state index contributed by atoms with van der Waals surface area (Å²) in [4.78, 5) is 9.26. The van der Waals surface area contributed by atoms with Gasteiger partial charge in [-0.3, -0.25) is 4.57 Å². The fraction of sp³-hybridized carbons (Fsp3) is 0.100. The number of hydrogen-bond acceptors (Lipinski definition) is 3. The van der Waals surface area contributed by atoms with E-state index in [1.165, 1.54) is 37.0 Å². The van der Waals surface area contributed by atoms with Gasteiger partial charge in [-0.1, -0.05) is 5.16 Å². The number of benzene rings is 1. The van der Waals surface area contributed by atoms with Crippen LogP contribution in [0.25, 0.3) is 11.3 Å². The normalized spacial score (nSPS) is 14.7. The van der Waals surface area contributed by atoms with Gasteiger partial charge in [0.2, 0.25) is 5.50 Å². The highest BCUT2D eigenvalue weighted by atomic mass is 31.2. The monoisotopic (exact) mass is 241 g/mol. The molecule has 1 unspecified atom stereocenters. The molecule has 0 amide bonds. The highest BCUT2D eigenvalue weighted by Gasteiger charge is 2.20. The summed E-state index contributed by atoms with van der Waals surface area (Å²) in [6.45, 7) is 1.17. The highest BCUT2D eigenvalue weighted by Crippen LogP contribution is 2.35. The predicted molar refractivity (Wildman–Crippen MR) is 57.3 cm³/mol. The van der Waals surface area contributed by atoms with Gasteiger partial charge < -0.3 is 9.42 Å². The lowest BCUT2D eigenvalue weighted by atomic mass is 10.1. The van der Waals surface area contributed by atoms with Gasteiger partial charge >= 0.3 is 0 Å². The van der Waals surface area contributed by atoms with Gasteiger partial charge in [0.05, 0.1) is 0 Å². The summed E-state index contributed by atoms with van der Waals surface area (Å²) >= 11 is 0. The number of halogens is 1. The molecule has 0 aliphatic rings. The Labute approximate surface area is 91.2 Å². The average molecular weight is 241 g/mol. The Hall–Kier alpha value is -1.45. The van der Waals surface area contributed by atoms with Crippen LogP contribution >= 0.6 is 7.37 Å². The summed E-state index contributed by atoms with van der Waals surface area (Å²) in [5.74, 6) is -0.351. The van der Waals surface area contributed by atoms with E-state index < -0.39 is 7.37 Å². The quantitative estimate of drug-likeness (QED) is 0.817. The first kappa shape index (κ1) is 11.0. The van der Waals surface area contributed by atoms with Gasteiger partial charge in [-0.2, -0.15) is 0 Å². The zero-order valence-electron chi connectivity index (χ0n) is 8.42. The maximum absolute atomic E-state index is 12.7. The van der Waals surface area contributed by atoms with Crippen LogP contribution in [0.1, 0.15) is 0 Å². The lowest BCUT2D eigenvalue weighted by Crippen LogP contribution is -1.97. The van der Waals surface area contributed by atoms with E-state index in [0.717, 1.165) is 0 Å². The Bertz CT molecular complexity index is 543. The topological polar surface area (TPSA) is 63.3 Å². The van der Waals surface area contributed by atoms with Gasteiger partial charge in [-0.05, 0) is 24.3 Å². The molecule has 0 aliphatic heterocycles. The van der Waals surface area contributed by atoms with Crippen molar-refractivity contribution >= 4 is 12.9 Å². The summed E-state index contributed by atoms with van der Waals surface area (Å²) in [7, 11) is -3.43. The van der Waals surface area contributed by atoms with E-state index >= 15 is 0 Å². The highest BCUT2D eigenvalue weighted by molar-refractivity contribution is 7.64. The number of rotatable bonds is 2. The molecule has 0 aliphatic carbocycles. The van der Waals surface area contributed by atoms with Crippen LogP contribution in [0.4, 0.5) is 4.39 Å². The zero-order valence-corrected chi connectivity index (χ0v) is 9.32. The fourth-order valence-electron chi connectivity index (χ4n) is 1.22. The molecule has 84 valence electrons. The molecular weight excluding hydrogens is 232 g/mol. The van der Waals surface area contributed by atoms with Gasteiger partial charge in [-0.25, -0.2) is 4.39 Å². The molecule has 4 nitrogen and oxygen atoms in total. The maximum atomic E-state index is 12.7. The summed E-state index contributed by atoms with van der Waals surface area (Å²) in [5.41, 5.74) is 0.975. The Morgan fingerprint density at radius 2 is 2.00 bits per heavy atom. The molecule has 2 rings (SSSR count). The van der Waals surface area contributed by atoms with Crippen molar-refractivity contribution in [2.75, 3.05) is 6.66 Å². The molecule has 16 heavy (non-hydrogen) atoms.